The highest BCUT2D eigenvalue weighted by atomic mass is 16.5. The predicted molar refractivity (Wildman–Crippen MR) is 141 cm³/mol. The first-order valence-corrected chi connectivity index (χ1v) is 12.6. The number of ether oxygens (including phenoxy) is 1. The molecule has 1 fully saturated rings. The number of primary amides is 1. The van der Waals surface area contributed by atoms with Gasteiger partial charge in [-0.3, -0.25) is 14.4 Å². The van der Waals surface area contributed by atoms with E-state index in [0.29, 0.717) is 36.4 Å². The van der Waals surface area contributed by atoms with Gasteiger partial charge in [0.15, 0.2) is 0 Å². The lowest BCUT2D eigenvalue weighted by Crippen LogP contribution is -2.27. The maximum Gasteiger partial charge on any atom is 0.308 e. The molecule has 2 amide bonds. The molecule has 194 valence electrons. The number of rotatable bonds is 8. The lowest BCUT2D eigenvalue weighted by atomic mass is 9.86. The zero-order valence-electron chi connectivity index (χ0n) is 21.2. The molecule has 5 N–H and O–H groups in total. The van der Waals surface area contributed by atoms with Crippen LogP contribution >= 0.6 is 0 Å². The van der Waals surface area contributed by atoms with E-state index in [1.807, 2.05) is 49.4 Å². The molecule has 37 heavy (non-hydrogen) atoms. The van der Waals surface area contributed by atoms with Crippen molar-refractivity contribution in [3.8, 4) is 11.3 Å². The number of esters is 1. The fourth-order valence-electron chi connectivity index (χ4n) is 4.92. The van der Waals surface area contributed by atoms with E-state index in [2.05, 4.69) is 10.4 Å². The summed E-state index contributed by atoms with van der Waals surface area (Å²) in [6.45, 7) is 4.38. The van der Waals surface area contributed by atoms with Crippen molar-refractivity contribution in [1.82, 2.24) is 15.1 Å². The Labute approximate surface area is 216 Å². The van der Waals surface area contributed by atoms with Gasteiger partial charge in [-0.25, -0.2) is 4.68 Å². The van der Waals surface area contributed by atoms with Crippen LogP contribution in [0.1, 0.15) is 70.5 Å². The average molecular weight is 504 g/mol. The van der Waals surface area contributed by atoms with Crippen molar-refractivity contribution in [2.24, 2.45) is 11.7 Å². The minimum atomic E-state index is -0.661. The summed E-state index contributed by atoms with van der Waals surface area (Å²) in [5.41, 5.74) is 15.8. The van der Waals surface area contributed by atoms with Gasteiger partial charge in [-0.15, -0.1) is 0 Å². The highest BCUT2D eigenvalue weighted by Crippen LogP contribution is 2.37. The van der Waals surface area contributed by atoms with Gasteiger partial charge < -0.3 is 21.5 Å². The number of hydrogen-bond acceptors (Lipinski definition) is 6. The third kappa shape index (κ3) is 5.66. The molecule has 1 aliphatic rings. The number of anilines is 1. The van der Waals surface area contributed by atoms with Crippen LogP contribution < -0.4 is 16.8 Å². The number of nitrogen functional groups attached to an aromatic ring is 1. The van der Waals surface area contributed by atoms with E-state index in [4.69, 9.17) is 16.2 Å². The van der Waals surface area contributed by atoms with E-state index in [0.717, 1.165) is 30.4 Å². The number of aryl methyl sites for hydroxylation is 1. The van der Waals surface area contributed by atoms with Crippen molar-refractivity contribution in [3.05, 3.63) is 70.8 Å². The summed E-state index contributed by atoms with van der Waals surface area (Å²) in [5, 5.41) is 7.62. The Hall–Kier alpha value is -4.14. The van der Waals surface area contributed by atoms with Crippen molar-refractivity contribution < 1.29 is 19.1 Å². The number of benzene rings is 2. The van der Waals surface area contributed by atoms with Crippen LogP contribution in [0.3, 0.4) is 0 Å². The monoisotopic (exact) mass is 503 g/mol. The quantitative estimate of drug-likeness (QED) is 0.400. The van der Waals surface area contributed by atoms with E-state index in [9.17, 15) is 14.4 Å². The van der Waals surface area contributed by atoms with Crippen molar-refractivity contribution in [2.45, 2.75) is 52.1 Å². The van der Waals surface area contributed by atoms with Gasteiger partial charge in [-0.1, -0.05) is 48.9 Å². The average Bonchev–Trinajstić information content (AvgIpc) is 3.25. The number of nitrogens with two attached hydrogens (primary N) is 2. The smallest absolute Gasteiger partial charge is 0.308 e. The molecule has 1 saturated carbocycles. The SMILES string of the molecule is CCOC(=O)[C@@H]1CCC[C@@H](n2nc(-c3ccc(CNC(=O)c4ccccc4C)cc3)c(C(N)=O)c2N)C1. The fourth-order valence-corrected chi connectivity index (χ4v) is 4.92. The van der Waals surface area contributed by atoms with Crippen LogP contribution in [0.5, 0.6) is 0 Å². The molecule has 9 nitrogen and oxygen atoms in total. The molecule has 1 aromatic heterocycles. The molecule has 0 aliphatic heterocycles. The van der Waals surface area contributed by atoms with E-state index >= 15 is 0 Å². The standard InChI is InChI=1S/C28H33N5O4/c1-3-37-28(36)20-8-6-9-21(15-20)33-25(29)23(26(30)34)24(32-33)19-13-11-18(12-14-19)16-31-27(35)22-10-5-4-7-17(22)2/h4-5,7,10-14,20-21H,3,6,8-9,15-16,29H2,1-2H3,(H2,30,34)(H,31,35)/t20-,21-/m1/s1. The summed E-state index contributed by atoms with van der Waals surface area (Å²) < 4.78 is 6.84. The maximum absolute atomic E-state index is 12.5. The summed E-state index contributed by atoms with van der Waals surface area (Å²) in [6.07, 6.45) is 2.92. The van der Waals surface area contributed by atoms with Crippen LogP contribution in [0, 0.1) is 12.8 Å². The molecule has 2 atom stereocenters. The molecule has 2 aromatic carbocycles. The largest absolute Gasteiger partial charge is 0.466 e. The third-order valence-electron chi connectivity index (χ3n) is 6.88. The Bertz CT molecular complexity index is 1300. The van der Waals surface area contributed by atoms with Gasteiger partial charge >= 0.3 is 5.97 Å². The van der Waals surface area contributed by atoms with Gasteiger partial charge in [-0.05, 0) is 50.3 Å². The number of aromatic nitrogens is 2. The van der Waals surface area contributed by atoms with Crippen LogP contribution in [0.2, 0.25) is 0 Å². The second-order valence-electron chi connectivity index (χ2n) is 9.38. The molecule has 9 heteroatoms. The molecule has 3 aromatic rings. The number of nitrogens with one attached hydrogen (secondary N) is 1. The van der Waals surface area contributed by atoms with E-state index in [-0.39, 0.29) is 35.2 Å². The van der Waals surface area contributed by atoms with E-state index in [1.165, 1.54) is 0 Å². The third-order valence-corrected chi connectivity index (χ3v) is 6.88. The molecule has 0 unspecified atom stereocenters. The second-order valence-corrected chi connectivity index (χ2v) is 9.38. The molecule has 0 saturated heterocycles. The van der Waals surface area contributed by atoms with Crippen molar-refractivity contribution in [1.29, 1.82) is 0 Å². The number of nitrogens with zero attached hydrogens (tertiary/aromatic N) is 2. The Kier molecular flexibility index (Phi) is 7.91. The van der Waals surface area contributed by atoms with Crippen LogP contribution in [0.4, 0.5) is 5.82 Å². The van der Waals surface area contributed by atoms with Crippen LogP contribution in [-0.2, 0) is 16.1 Å². The second kappa shape index (κ2) is 11.3. The molecular formula is C28H33N5O4. The van der Waals surface area contributed by atoms with Gasteiger partial charge in [0.1, 0.15) is 17.1 Å². The summed E-state index contributed by atoms with van der Waals surface area (Å²) >= 11 is 0. The molecular weight excluding hydrogens is 470 g/mol. The van der Waals surface area contributed by atoms with Crippen LogP contribution in [0.15, 0.2) is 48.5 Å². The van der Waals surface area contributed by atoms with Gasteiger partial charge in [0.2, 0.25) is 0 Å². The van der Waals surface area contributed by atoms with Gasteiger partial charge in [0.05, 0.1) is 18.6 Å². The normalized spacial score (nSPS) is 17.2. The summed E-state index contributed by atoms with van der Waals surface area (Å²) in [6, 6.07) is 14.7. The van der Waals surface area contributed by atoms with Gasteiger partial charge in [-0.2, -0.15) is 5.10 Å². The minimum absolute atomic E-state index is 0.133. The first kappa shape index (κ1) is 25.9. The molecule has 0 spiro atoms. The number of carbonyl (C=O) groups is 3. The minimum Gasteiger partial charge on any atom is -0.466 e. The highest BCUT2D eigenvalue weighted by Gasteiger charge is 2.32. The van der Waals surface area contributed by atoms with Crippen molar-refractivity contribution in [2.75, 3.05) is 12.3 Å². The highest BCUT2D eigenvalue weighted by molar-refractivity contribution is 6.03. The molecule has 0 bridgehead atoms. The Morgan fingerprint density at radius 2 is 1.84 bits per heavy atom. The van der Waals surface area contributed by atoms with E-state index < -0.39 is 5.91 Å². The maximum atomic E-state index is 12.5. The van der Waals surface area contributed by atoms with E-state index in [1.54, 1.807) is 17.7 Å². The topological polar surface area (TPSA) is 142 Å². The number of hydrogen-bond donors (Lipinski definition) is 3. The number of amides is 2. The zero-order valence-corrected chi connectivity index (χ0v) is 21.2. The number of carbonyl (C=O) groups excluding carboxylic acids is 3. The van der Waals surface area contributed by atoms with Crippen molar-refractivity contribution >= 4 is 23.6 Å². The van der Waals surface area contributed by atoms with Gasteiger partial charge in [0.25, 0.3) is 11.8 Å². The lowest BCUT2D eigenvalue weighted by Gasteiger charge is -2.28. The lowest BCUT2D eigenvalue weighted by molar-refractivity contribution is -0.149. The molecule has 1 heterocycles. The first-order valence-electron chi connectivity index (χ1n) is 12.6. The summed E-state index contributed by atoms with van der Waals surface area (Å²) in [4.78, 5) is 37.2. The Morgan fingerprint density at radius 1 is 1.11 bits per heavy atom. The molecule has 0 radical (unpaired) electrons. The first-order chi connectivity index (χ1) is 17.8. The Balaban J connectivity index is 1.52. The summed E-state index contributed by atoms with van der Waals surface area (Å²) in [5.74, 6) is -1.04. The molecule has 1 aliphatic carbocycles. The zero-order chi connectivity index (χ0) is 26.5. The van der Waals surface area contributed by atoms with Gasteiger partial charge in [0, 0.05) is 17.7 Å². The Morgan fingerprint density at radius 3 is 2.51 bits per heavy atom. The van der Waals surface area contributed by atoms with Crippen LogP contribution in [0.25, 0.3) is 11.3 Å². The predicted octanol–water partition coefficient (Wildman–Crippen LogP) is 3.76. The van der Waals surface area contributed by atoms with Crippen molar-refractivity contribution in [3.63, 3.8) is 0 Å². The van der Waals surface area contributed by atoms with Crippen LogP contribution in [-0.4, -0.2) is 34.2 Å². The molecule has 4 rings (SSSR count). The summed E-state index contributed by atoms with van der Waals surface area (Å²) in [7, 11) is 0. The fraction of sp³-hybridized carbons (Fsp3) is 0.357.